The normalized spacial score (nSPS) is 11.9. The summed E-state index contributed by atoms with van der Waals surface area (Å²) in [6.45, 7) is 0. The standard InChI is InChI=1S/C10H6Cl2F3N3/c11-4-1-5-7(18-16)3-8(10(13,14)15)17-9(5)6(12)2-4/h1-3H,16H2,(H,17,18). The Kier molecular flexibility index (Phi) is 3.27. The summed E-state index contributed by atoms with van der Waals surface area (Å²) in [6.07, 6.45) is -4.58. The lowest BCUT2D eigenvalue weighted by molar-refractivity contribution is -0.140. The second-order valence-corrected chi connectivity index (χ2v) is 4.32. The van der Waals surface area contributed by atoms with Crippen LogP contribution in [0.25, 0.3) is 10.9 Å². The number of nitrogen functional groups attached to an aromatic ring is 1. The van der Waals surface area contributed by atoms with Crippen LogP contribution in [0.1, 0.15) is 5.69 Å². The smallest absolute Gasteiger partial charge is 0.323 e. The molecule has 0 radical (unpaired) electrons. The minimum absolute atomic E-state index is 0.0103. The van der Waals surface area contributed by atoms with Crippen molar-refractivity contribution in [1.29, 1.82) is 0 Å². The molecule has 1 heterocycles. The van der Waals surface area contributed by atoms with Crippen molar-refractivity contribution in [2.24, 2.45) is 5.84 Å². The van der Waals surface area contributed by atoms with Gasteiger partial charge in [0, 0.05) is 10.4 Å². The summed E-state index contributed by atoms with van der Waals surface area (Å²) in [5.74, 6) is 5.20. The second-order valence-electron chi connectivity index (χ2n) is 3.48. The fourth-order valence-corrected chi connectivity index (χ4v) is 2.05. The first kappa shape index (κ1) is 13.2. The summed E-state index contributed by atoms with van der Waals surface area (Å²) in [5, 5.41) is 0.633. The Morgan fingerprint density at radius 1 is 1.17 bits per heavy atom. The van der Waals surface area contributed by atoms with E-state index in [1.165, 1.54) is 12.1 Å². The molecule has 0 spiro atoms. The maximum Gasteiger partial charge on any atom is 0.433 e. The topological polar surface area (TPSA) is 50.9 Å². The Balaban J connectivity index is 2.84. The molecule has 0 saturated heterocycles. The number of halogens is 5. The molecule has 1 aromatic heterocycles. The molecule has 3 nitrogen and oxygen atoms in total. The van der Waals surface area contributed by atoms with Gasteiger partial charge in [0.05, 0.1) is 16.2 Å². The first-order valence-electron chi connectivity index (χ1n) is 4.66. The number of benzene rings is 1. The lowest BCUT2D eigenvalue weighted by atomic mass is 10.1. The SMILES string of the molecule is NNc1cc(C(F)(F)F)nc2c(Cl)cc(Cl)cc12. The maximum absolute atomic E-state index is 12.6. The van der Waals surface area contributed by atoms with E-state index in [2.05, 4.69) is 10.4 Å². The quantitative estimate of drug-likeness (QED) is 0.621. The number of fused-ring (bicyclic) bond motifs is 1. The van der Waals surface area contributed by atoms with Crippen molar-refractivity contribution in [2.75, 3.05) is 5.43 Å². The average molecular weight is 296 g/mol. The number of hydrazine groups is 1. The van der Waals surface area contributed by atoms with Crippen LogP contribution in [-0.2, 0) is 6.18 Å². The second kappa shape index (κ2) is 4.46. The van der Waals surface area contributed by atoms with Crippen molar-refractivity contribution >= 4 is 39.8 Å². The number of hydrogen-bond acceptors (Lipinski definition) is 3. The summed E-state index contributed by atoms with van der Waals surface area (Å²) < 4.78 is 37.9. The Morgan fingerprint density at radius 3 is 2.39 bits per heavy atom. The minimum atomic E-state index is -4.58. The molecule has 0 unspecified atom stereocenters. The van der Waals surface area contributed by atoms with E-state index >= 15 is 0 Å². The first-order chi connectivity index (χ1) is 8.32. The van der Waals surface area contributed by atoms with Crippen molar-refractivity contribution in [1.82, 2.24) is 4.98 Å². The molecule has 0 aliphatic rings. The van der Waals surface area contributed by atoms with Gasteiger partial charge in [0.25, 0.3) is 0 Å². The molecular weight excluding hydrogens is 290 g/mol. The molecule has 0 aliphatic heterocycles. The van der Waals surface area contributed by atoms with Gasteiger partial charge in [-0.1, -0.05) is 23.2 Å². The molecule has 2 aromatic rings. The van der Waals surface area contributed by atoms with E-state index < -0.39 is 11.9 Å². The summed E-state index contributed by atoms with van der Waals surface area (Å²) in [4.78, 5) is 3.48. The van der Waals surface area contributed by atoms with Crippen LogP contribution in [0.4, 0.5) is 18.9 Å². The highest BCUT2D eigenvalue weighted by Crippen LogP contribution is 2.36. The molecule has 0 amide bonds. The number of aromatic nitrogens is 1. The van der Waals surface area contributed by atoms with Gasteiger partial charge in [-0.05, 0) is 18.2 Å². The molecule has 0 aliphatic carbocycles. The lowest BCUT2D eigenvalue weighted by Crippen LogP contribution is -2.12. The van der Waals surface area contributed by atoms with E-state index in [1.807, 2.05) is 0 Å². The van der Waals surface area contributed by atoms with Crippen LogP contribution in [-0.4, -0.2) is 4.98 Å². The third-order valence-corrected chi connectivity index (χ3v) is 2.78. The average Bonchev–Trinajstić information content (AvgIpc) is 2.26. The van der Waals surface area contributed by atoms with Crippen LogP contribution in [0.2, 0.25) is 10.0 Å². The Labute approximate surface area is 110 Å². The van der Waals surface area contributed by atoms with Gasteiger partial charge in [-0.2, -0.15) is 13.2 Å². The molecule has 18 heavy (non-hydrogen) atoms. The van der Waals surface area contributed by atoms with E-state index in [1.54, 1.807) is 0 Å². The van der Waals surface area contributed by atoms with E-state index in [-0.39, 0.29) is 21.2 Å². The summed E-state index contributed by atoms with van der Waals surface area (Å²) in [6, 6.07) is 3.55. The van der Waals surface area contributed by atoms with Crippen molar-refractivity contribution in [3.05, 3.63) is 33.9 Å². The number of rotatable bonds is 1. The fraction of sp³-hybridized carbons (Fsp3) is 0.100. The van der Waals surface area contributed by atoms with E-state index in [0.717, 1.165) is 6.07 Å². The van der Waals surface area contributed by atoms with Gasteiger partial charge < -0.3 is 5.43 Å². The summed E-state index contributed by atoms with van der Waals surface area (Å²) >= 11 is 11.6. The van der Waals surface area contributed by atoms with Crippen molar-refractivity contribution in [3.8, 4) is 0 Å². The molecule has 96 valence electrons. The van der Waals surface area contributed by atoms with Crippen molar-refractivity contribution in [3.63, 3.8) is 0 Å². The Hall–Kier alpha value is -1.24. The Bertz CT molecular complexity index is 613. The van der Waals surface area contributed by atoms with Gasteiger partial charge in [0.15, 0.2) is 0 Å². The zero-order chi connectivity index (χ0) is 13.5. The highest BCUT2D eigenvalue weighted by atomic mass is 35.5. The predicted octanol–water partition coefficient (Wildman–Crippen LogP) is 3.85. The minimum Gasteiger partial charge on any atom is -0.323 e. The number of hydrogen-bond donors (Lipinski definition) is 2. The molecule has 3 N–H and O–H groups in total. The fourth-order valence-electron chi connectivity index (χ4n) is 1.52. The summed E-state index contributed by atoms with van der Waals surface area (Å²) in [5.41, 5.74) is 1.15. The van der Waals surface area contributed by atoms with E-state index in [4.69, 9.17) is 29.0 Å². The third-order valence-electron chi connectivity index (χ3n) is 2.28. The number of alkyl halides is 3. The predicted molar refractivity (Wildman–Crippen MR) is 64.6 cm³/mol. The van der Waals surface area contributed by atoms with Crippen LogP contribution in [0.5, 0.6) is 0 Å². The third kappa shape index (κ3) is 2.31. The van der Waals surface area contributed by atoms with Crippen LogP contribution in [0.15, 0.2) is 18.2 Å². The Morgan fingerprint density at radius 2 is 1.83 bits per heavy atom. The van der Waals surface area contributed by atoms with Crippen LogP contribution in [0, 0.1) is 0 Å². The lowest BCUT2D eigenvalue weighted by Gasteiger charge is -2.12. The largest absolute Gasteiger partial charge is 0.433 e. The van der Waals surface area contributed by atoms with Gasteiger partial charge in [-0.3, -0.25) is 5.84 Å². The van der Waals surface area contributed by atoms with Crippen molar-refractivity contribution < 1.29 is 13.2 Å². The van der Waals surface area contributed by atoms with E-state index in [9.17, 15) is 13.2 Å². The number of nitrogens with zero attached hydrogens (tertiary/aromatic N) is 1. The number of pyridine rings is 1. The van der Waals surface area contributed by atoms with Crippen molar-refractivity contribution in [2.45, 2.75) is 6.18 Å². The van der Waals surface area contributed by atoms with Gasteiger partial charge in [-0.15, -0.1) is 0 Å². The molecule has 0 fully saturated rings. The van der Waals surface area contributed by atoms with Gasteiger partial charge in [-0.25, -0.2) is 4.98 Å². The molecule has 0 saturated carbocycles. The maximum atomic E-state index is 12.6. The highest BCUT2D eigenvalue weighted by Gasteiger charge is 2.33. The molecule has 8 heteroatoms. The van der Waals surface area contributed by atoms with Gasteiger partial charge >= 0.3 is 6.18 Å². The molecule has 1 aromatic carbocycles. The molecule has 0 bridgehead atoms. The molecular formula is C10H6Cl2F3N3. The monoisotopic (exact) mass is 295 g/mol. The number of anilines is 1. The number of nitrogens with two attached hydrogens (primary N) is 1. The zero-order valence-electron chi connectivity index (χ0n) is 8.65. The van der Waals surface area contributed by atoms with Crippen LogP contribution in [0.3, 0.4) is 0 Å². The van der Waals surface area contributed by atoms with E-state index in [0.29, 0.717) is 5.39 Å². The molecule has 0 atom stereocenters. The van der Waals surface area contributed by atoms with Crippen LogP contribution >= 0.6 is 23.2 Å². The highest BCUT2D eigenvalue weighted by molar-refractivity contribution is 6.38. The first-order valence-corrected chi connectivity index (χ1v) is 5.42. The van der Waals surface area contributed by atoms with Gasteiger partial charge in [0.1, 0.15) is 5.69 Å². The molecule has 2 rings (SSSR count). The number of nitrogens with one attached hydrogen (secondary N) is 1. The zero-order valence-corrected chi connectivity index (χ0v) is 10.2. The van der Waals surface area contributed by atoms with Crippen LogP contribution < -0.4 is 11.3 Å². The summed E-state index contributed by atoms with van der Waals surface area (Å²) in [7, 11) is 0. The van der Waals surface area contributed by atoms with Gasteiger partial charge in [0.2, 0.25) is 0 Å².